The van der Waals surface area contributed by atoms with Gasteiger partial charge in [0.05, 0.1) is 33.5 Å². The minimum Gasteiger partial charge on any atom is -0.307 e. The van der Waals surface area contributed by atoms with Crippen LogP contribution in [0.1, 0.15) is 22.3 Å². The molecule has 0 saturated carbocycles. The van der Waals surface area contributed by atoms with Gasteiger partial charge in [0.15, 0.2) is 0 Å². The molecule has 15 rings (SSSR count). The molecule has 0 fully saturated rings. The highest BCUT2D eigenvalue weighted by molar-refractivity contribution is 6.38. The van der Waals surface area contributed by atoms with E-state index in [9.17, 15) is 0 Å². The summed E-state index contributed by atoms with van der Waals surface area (Å²) in [6.07, 6.45) is 0. The Morgan fingerprint density at radius 1 is 0.212 bits per heavy atom. The number of hydrogen-bond acceptors (Lipinski definition) is 0. The van der Waals surface area contributed by atoms with Gasteiger partial charge in [-0.3, -0.25) is 0 Å². The molecule has 0 radical (unpaired) electrons. The summed E-state index contributed by atoms with van der Waals surface area (Å²) >= 11 is 0. The van der Waals surface area contributed by atoms with Gasteiger partial charge in [-0.2, -0.15) is 0 Å². The highest BCUT2D eigenvalue weighted by Gasteiger charge is 2.42. The Kier molecular flexibility index (Phi) is 7.25. The van der Waals surface area contributed by atoms with Crippen molar-refractivity contribution in [3.63, 3.8) is 0 Å². The Hall–Kier alpha value is -8.72. The molecule has 11 aromatic carbocycles. The van der Waals surface area contributed by atoms with Gasteiger partial charge < -0.3 is 9.13 Å². The van der Waals surface area contributed by atoms with E-state index in [4.69, 9.17) is 0 Å². The second kappa shape index (κ2) is 13.4. The quantitative estimate of drug-likeness (QED) is 0.123. The van der Waals surface area contributed by atoms with Gasteiger partial charge in [0, 0.05) is 38.3 Å². The second-order valence-electron chi connectivity index (χ2n) is 17.9. The number of allylic oxidation sites excluding steroid dienone is 5. The first-order chi connectivity index (χ1) is 32.8. The van der Waals surface area contributed by atoms with Crippen LogP contribution in [-0.4, -0.2) is 9.13 Å². The summed E-state index contributed by atoms with van der Waals surface area (Å²) in [7, 11) is 0. The lowest BCUT2D eigenvalue weighted by atomic mass is 9.89. The summed E-state index contributed by atoms with van der Waals surface area (Å²) in [4.78, 5) is 0. The fraction of sp³-hybridized carbons (Fsp3) is 0. The first kappa shape index (κ1) is 35.7. The van der Waals surface area contributed by atoms with Crippen molar-refractivity contribution in [1.82, 2.24) is 9.13 Å². The van der Waals surface area contributed by atoms with Crippen molar-refractivity contribution in [3.05, 3.63) is 258 Å². The summed E-state index contributed by atoms with van der Waals surface area (Å²) < 4.78 is 5.17. The lowest BCUT2D eigenvalue weighted by molar-refractivity contribution is 1.18. The summed E-state index contributed by atoms with van der Waals surface area (Å²) in [6, 6.07) is 85.9. The smallest absolute Gasteiger partial charge is 0.0795 e. The fourth-order valence-electron chi connectivity index (χ4n) is 11.9. The summed E-state index contributed by atoms with van der Waals surface area (Å²) in [5.74, 6) is 0. The summed E-state index contributed by atoms with van der Waals surface area (Å²) in [5, 5.41) is 15.2. The lowest BCUT2D eigenvalue weighted by Crippen LogP contribution is -2.06. The normalized spacial score (nSPS) is 13.9. The van der Waals surface area contributed by atoms with Crippen LogP contribution in [0.15, 0.2) is 236 Å². The number of benzene rings is 11. The zero-order valence-corrected chi connectivity index (χ0v) is 35.8. The molecule has 2 aliphatic carbocycles. The highest BCUT2D eigenvalue weighted by atomic mass is 15.1. The van der Waals surface area contributed by atoms with Crippen molar-refractivity contribution >= 4 is 115 Å². The topological polar surface area (TPSA) is 9.86 Å². The van der Waals surface area contributed by atoms with E-state index in [1.807, 2.05) is 0 Å². The van der Waals surface area contributed by atoms with Crippen LogP contribution in [0.3, 0.4) is 0 Å². The van der Waals surface area contributed by atoms with Crippen molar-refractivity contribution in [2.24, 2.45) is 0 Å². The third-order valence-electron chi connectivity index (χ3n) is 14.6. The van der Waals surface area contributed by atoms with Crippen LogP contribution in [0, 0.1) is 0 Å². The second-order valence-corrected chi connectivity index (χ2v) is 17.9. The van der Waals surface area contributed by atoms with E-state index in [1.165, 1.54) is 143 Å². The van der Waals surface area contributed by atoms with E-state index in [-0.39, 0.29) is 0 Å². The molecule has 0 atom stereocenters. The summed E-state index contributed by atoms with van der Waals surface area (Å²) in [6.45, 7) is 0. The number of aromatic nitrogens is 2. The molecule has 13 aromatic rings. The van der Waals surface area contributed by atoms with Crippen LogP contribution >= 0.6 is 0 Å². The third kappa shape index (κ3) is 4.74. The fourth-order valence-corrected chi connectivity index (χ4v) is 11.9. The molecule has 304 valence electrons. The molecular weight excluding hydrogens is 797 g/mol. The van der Waals surface area contributed by atoms with Crippen molar-refractivity contribution in [2.45, 2.75) is 0 Å². The van der Waals surface area contributed by atoms with Crippen LogP contribution in [0.4, 0.5) is 0 Å². The van der Waals surface area contributed by atoms with Crippen LogP contribution in [0.5, 0.6) is 0 Å². The number of para-hydroxylation sites is 4. The Labute approximate surface area is 380 Å². The minimum atomic E-state index is 1.19. The number of fused-ring (bicyclic) bond motifs is 16. The Morgan fingerprint density at radius 3 is 0.924 bits per heavy atom. The van der Waals surface area contributed by atoms with E-state index in [0.717, 1.165) is 0 Å². The molecule has 0 spiro atoms. The maximum Gasteiger partial charge on any atom is 0.0795 e. The predicted octanol–water partition coefficient (Wildman–Crippen LogP) is 16.8. The molecule has 66 heavy (non-hydrogen) atoms. The molecule has 0 aliphatic heterocycles. The Bertz CT molecular complexity index is 4260. The average Bonchev–Trinajstić information content (AvgIpc) is 4.10. The molecule has 0 N–H and O–H groups in total. The summed E-state index contributed by atoms with van der Waals surface area (Å²) in [5.41, 5.74) is 17.1. The largest absolute Gasteiger partial charge is 0.307 e. The van der Waals surface area contributed by atoms with Gasteiger partial charge in [0.25, 0.3) is 0 Å². The highest BCUT2D eigenvalue weighted by Crippen LogP contribution is 2.61. The van der Waals surface area contributed by atoms with Crippen molar-refractivity contribution in [3.8, 4) is 0 Å². The Balaban J connectivity index is 1.18. The zero-order chi connectivity index (χ0) is 43.0. The van der Waals surface area contributed by atoms with Crippen molar-refractivity contribution in [2.75, 3.05) is 0 Å². The molecule has 2 heterocycles. The first-order valence-electron chi connectivity index (χ1n) is 22.9. The zero-order valence-electron chi connectivity index (χ0n) is 35.8. The molecule has 0 saturated heterocycles. The molecular formula is C64H38N2. The average molecular weight is 835 g/mol. The number of hydrogen-bond donors (Lipinski definition) is 0. The number of rotatable bonds is 4. The Morgan fingerprint density at radius 2 is 0.515 bits per heavy atom. The SMILES string of the molecule is c1ccc(C2=C3C(=C(c4ccccc4)c4cc5cc6c7ccccc7c7ccccc7c6cc5cc43)C(n3c4ccccc4c4ccccc43)=C2n2c3ccccc3c3ccccc32)cc1. The van der Waals surface area contributed by atoms with Gasteiger partial charge in [-0.25, -0.2) is 0 Å². The predicted molar refractivity (Wildman–Crippen MR) is 280 cm³/mol. The van der Waals surface area contributed by atoms with Gasteiger partial charge in [-0.15, -0.1) is 0 Å². The standard InChI is InChI=1S/C64H38N2/c1-3-19-39(20-4-1)59-53-37-41-35-51-45-25-9-7-23-43(45)44-24-8-10-26-46(44)52(51)36-42(41)38-54(53)61-60(40-21-5-2-6-22-40)63(65-55-31-15-11-27-47(55)48-28-12-16-32-56(48)65)64(62(59)61)66-57-33-17-13-29-49(57)50-30-14-18-34-58(50)66/h1-38H. The van der Waals surface area contributed by atoms with Gasteiger partial charge in [0.2, 0.25) is 0 Å². The maximum absolute atomic E-state index is 2.59. The van der Waals surface area contributed by atoms with Crippen LogP contribution in [0.25, 0.3) is 115 Å². The van der Waals surface area contributed by atoms with Gasteiger partial charge in [-0.05, 0) is 119 Å². The molecule has 2 aromatic heterocycles. The third-order valence-corrected chi connectivity index (χ3v) is 14.6. The minimum absolute atomic E-state index is 1.19. The van der Waals surface area contributed by atoms with Crippen LogP contribution in [0.2, 0.25) is 0 Å². The van der Waals surface area contributed by atoms with Gasteiger partial charge >= 0.3 is 0 Å². The van der Waals surface area contributed by atoms with E-state index in [2.05, 4.69) is 240 Å². The molecule has 0 bridgehead atoms. The molecule has 2 heteroatoms. The van der Waals surface area contributed by atoms with Gasteiger partial charge in [-0.1, -0.05) is 182 Å². The molecule has 0 amide bonds. The first-order valence-corrected chi connectivity index (χ1v) is 22.9. The lowest BCUT2D eigenvalue weighted by Gasteiger charge is -2.21. The van der Waals surface area contributed by atoms with E-state index < -0.39 is 0 Å². The molecule has 2 nitrogen and oxygen atoms in total. The van der Waals surface area contributed by atoms with E-state index in [0.29, 0.717) is 0 Å². The van der Waals surface area contributed by atoms with E-state index in [1.54, 1.807) is 0 Å². The van der Waals surface area contributed by atoms with Crippen LogP contribution in [-0.2, 0) is 0 Å². The van der Waals surface area contributed by atoms with Gasteiger partial charge in [0.1, 0.15) is 0 Å². The maximum atomic E-state index is 2.59. The monoisotopic (exact) mass is 834 g/mol. The molecule has 0 unspecified atom stereocenters. The van der Waals surface area contributed by atoms with Crippen molar-refractivity contribution < 1.29 is 0 Å². The van der Waals surface area contributed by atoms with Crippen molar-refractivity contribution in [1.29, 1.82) is 0 Å². The number of nitrogens with zero attached hydrogens (tertiary/aromatic N) is 2. The molecule has 2 aliphatic rings. The van der Waals surface area contributed by atoms with E-state index >= 15 is 0 Å². The van der Waals surface area contributed by atoms with Crippen LogP contribution < -0.4 is 0 Å².